The van der Waals surface area contributed by atoms with Crippen molar-refractivity contribution in [3.05, 3.63) is 65.6 Å². The van der Waals surface area contributed by atoms with Gasteiger partial charge in [-0.1, -0.05) is 6.58 Å². The number of nitrogens with zero attached hydrogens (tertiary/aromatic N) is 7. The molecule has 2 aromatic heterocycles. The summed E-state index contributed by atoms with van der Waals surface area (Å²) >= 11 is 1.56. The molecule has 3 aromatic rings. The molecular formula is C29H36N8O3S. The lowest BCUT2D eigenvalue weighted by molar-refractivity contribution is -0.129. The molecule has 0 spiro atoms. The molecule has 11 nitrogen and oxygen atoms in total. The van der Waals surface area contributed by atoms with Crippen LogP contribution in [0.1, 0.15) is 0 Å². The van der Waals surface area contributed by atoms with Gasteiger partial charge in [-0.15, -0.1) is 0 Å². The van der Waals surface area contributed by atoms with Crippen LogP contribution in [0.5, 0.6) is 0 Å². The molecule has 4 heterocycles. The number of aromatic nitrogens is 3. The Morgan fingerprint density at radius 1 is 0.951 bits per heavy atom. The van der Waals surface area contributed by atoms with Crippen LogP contribution in [0.15, 0.2) is 60.0 Å². The number of nitrogens with one attached hydrogen (secondary N) is 1. The number of amides is 2. The summed E-state index contributed by atoms with van der Waals surface area (Å²) in [5.74, 6) is 1.11. The summed E-state index contributed by atoms with van der Waals surface area (Å²) in [6, 6.07) is 11.4. The highest BCUT2D eigenvalue weighted by Crippen LogP contribution is 2.22. The Labute approximate surface area is 243 Å². The topological polar surface area (TPSA) is 107 Å². The smallest absolute Gasteiger partial charge is 0.252 e. The Kier molecular flexibility index (Phi) is 9.20. The maximum Gasteiger partial charge on any atom is 0.252 e. The summed E-state index contributed by atoms with van der Waals surface area (Å²) in [7, 11) is 0. The number of rotatable bonds is 9. The highest BCUT2D eigenvalue weighted by atomic mass is 32.2. The van der Waals surface area contributed by atoms with Gasteiger partial charge in [-0.2, -0.15) is 16.7 Å². The van der Waals surface area contributed by atoms with Crippen molar-refractivity contribution in [2.45, 2.75) is 6.54 Å². The zero-order valence-electron chi connectivity index (χ0n) is 23.4. The number of hydrogen-bond acceptors (Lipinski definition) is 9. The molecule has 2 aliphatic heterocycles. The second kappa shape index (κ2) is 13.2. The Morgan fingerprint density at radius 2 is 1.66 bits per heavy atom. The van der Waals surface area contributed by atoms with Crippen molar-refractivity contribution in [1.82, 2.24) is 29.2 Å². The van der Waals surface area contributed by atoms with Crippen LogP contribution in [0.4, 0.5) is 17.3 Å². The normalized spacial score (nSPS) is 16.2. The molecule has 216 valence electrons. The molecule has 1 aromatic carbocycles. The standard InChI is InChI=1S/C29H36N8O3S/c1-3-25(38)35-13-10-33(11-14-35)12-19-37-26(39)9-4-22-20-30-29(32-28(22)37)31-23-5-7-24(8-6-23)34-15-17-36(18-16-34)27(40)21-41-2/h3-9,20H,1,10-19,21H2,2H3,(H,30,31,32). The first-order valence-corrected chi connectivity index (χ1v) is 15.2. The molecular weight excluding hydrogens is 540 g/mol. The number of hydrogen-bond donors (Lipinski definition) is 1. The molecule has 0 radical (unpaired) electrons. The first-order chi connectivity index (χ1) is 19.9. The van der Waals surface area contributed by atoms with E-state index in [9.17, 15) is 14.4 Å². The van der Waals surface area contributed by atoms with Gasteiger partial charge in [0.25, 0.3) is 5.56 Å². The van der Waals surface area contributed by atoms with E-state index in [2.05, 4.69) is 38.8 Å². The third-order valence-electron chi connectivity index (χ3n) is 7.61. The third kappa shape index (κ3) is 6.88. The number of piperazine rings is 2. The average molecular weight is 577 g/mol. The van der Waals surface area contributed by atoms with E-state index in [4.69, 9.17) is 4.98 Å². The Morgan fingerprint density at radius 3 is 2.34 bits per heavy atom. The lowest BCUT2D eigenvalue weighted by atomic mass is 10.2. The van der Waals surface area contributed by atoms with E-state index in [0.29, 0.717) is 43.5 Å². The number of fused-ring (bicyclic) bond motifs is 1. The average Bonchev–Trinajstić information content (AvgIpc) is 3.01. The summed E-state index contributed by atoms with van der Waals surface area (Å²) < 4.78 is 1.69. The number of carbonyl (C=O) groups excluding carboxylic acids is 2. The maximum absolute atomic E-state index is 12.8. The van der Waals surface area contributed by atoms with Crippen molar-refractivity contribution >= 4 is 51.9 Å². The number of pyridine rings is 1. The zero-order chi connectivity index (χ0) is 28.8. The van der Waals surface area contributed by atoms with Crippen molar-refractivity contribution in [2.75, 3.05) is 81.1 Å². The van der Waals surface area contributed by atoms with E-state index in [1.165, 1.54) is 6.08 Å². The maximum atomic E-state index is 12.8. The Bertz CT molecular complexity index is 1440. The summed E-state index contributed by atoms with van der Waals surface area (Å²) in [5.41, 5.74) is 2.43. The number of thioether (sulfide) groups is 1. The van der Waals surface area contributed by atoms with E-state index < -0.39 is 0 Å². The predicted molar refractivity (Wildman–Crippen MR) is 164 cm³/mol. The van der Waals surface area contributed by atoms with Gasteiger partial charge >= 0.3 is 0 Å². The third-order valence-corrected chi connectivity index (χ3v) is 8.15. The largest absolute Gasteiger partial charge is 0.368 e. The van der Waals surface area contributed by atoms with Gasteiger partial charge < -0.3 is 20.0 Å². The lowest BCUT2D eigenvalue weighted by Gasteiger charge is -2.36. The molecule has 2 amide bonds. The Hall–Kier alpha value is -3.90. The van der Waals surface area contributed by atoms with Crippen LogP contribution < -0.4 is 15.8 Å². The van der Waals surface area contributed by atoms with Gasteiger partial charge in [-0.3, -0.25) is 23.9 Å². The summed E-state index contributed by atoms with van der Waals surface area (Å²) in [6.45, 7) is 10.6. The van der Waals surface area contributed by atoms with Crippen LogP contribution in [-0.4, -0.2) is 112 Å². The van der Waals surface area contributed by atoms with Crippen LogP contribution in [0.2, 0.25) is 0 Å². The van der Waals surface area contributed by atoms with Crippen LogP contribution in [0, 0.1) is 0 Å². The molecule has 12 heteroatoms. The molecule has 0 bridgehead atoms. The van der Waals surface area contributed by atoms with E-state index >= 15 is 0 Å². The molecule has 2 aliphatic rings. The van der Waals surface area contributed by atoms with Crippen LogP contribution in [0.25, 0.3) is 11.0 Å². The van der Waals surface area contributed by atoms with Crippen LogP contribution in [-0.2, 0) is 16.1 Å². The lowest BCUT2D eigenvalue weighted by Crippen LogP contribution is -2.49. The molecule has 5 rings (SSSR count). The first kappa shape index (κ1) is 28.6. The van der Waals surface area contributed by atoms with Gasteiger partial charge in [0.2, 0.25) is 17.8 Å². The van der Waals surface area contributed by atoms with Gasteiger partial charge in [-0.05, 0) is 42.7 Å². The van der Waals surface area contributed by atoms with Crippen molar-refractivity contribution in [1.29, 1.82) is 0 Å². The molecule has 2 fully saturated rings. The Balaban J connectivity index is 1.22. The fraction of sp³-hybridized carbons (Fsp3) is 0.414. The second-order valence-electron chi connectivity index (χ2n) is 10.1. The van der Waals surface area contributed by atoms with Crippen LogP contribution in [0.3, 0.4) is 0 Å². The monoisotopic (exact) mass is 576 g/mol. The van der Waals surface area contributed by atoms with Crippen LogP contribution >= 0.6 is 11.8 Å². The van der Waals surface area contributed by atoms with E-state index in [-0.39, 0.29) is 17.4 Å². The minimum atomic E-state index is -0.109. The van der Waals surface area contributed by atoms with Crippen molar-refractivity contribution in [3.8, 4) is 0 Å². The number of benzene rings is 1. The minimum Gasteiger partial charge on any atom is -0.368 e. The quantitative estimate of drug-likeness (QED) is 0.382. The fourth-order valence-electron chi connectivity index (χ4n) is 5.22. The predicted octanol–water partition coefficient (Wildman–Crippen LogP) is 1.88. The molecule has 0 aliphatic carbocycles. The summed E-state index contributed by atoms with van der Waals surface area (Å²) in [4.78, 5) is 54.3. The highest BCUT2D eigenvalue weighted by molar-refractivity contribution is 7.99. The summed E-state index contributed by atoms with van der Waals surface area (Å²) in [5, 5.41) is 4.06. The molecule has 41 heavy (non-hydrogen) atoms. The van der Waals surface area contributed by atoms with Gasteiger partial charge in [0, 0.05) is 94.5 Å². The van der Waals surface area contributed by atoms with E-state index in [1.807, 2.05) is 23.3 Å². The molecule has 0 unspecified atom stereocenters. The molecule has 1 N–H and O–H groups in total. The summed E-state index contributed by atoms with van der Waals surface area (Å²) in [6.07, 6.45) is 5.03. The number of carbonyl (C=O) groups is 2. The highest BCUT2D eigenvalue weighted by Gasteiger charge is 2.21. The van der Waals surface area contributed by atoms with Gasteiger partial charge in [0.15, 0.2) is 0 Å². The van der Waals surface area contributed by atoms with Gasteiger partial charge in [0.1, 0.15) is 5.65 Å². The zero-order valence-corrected chi connectivity index (χ0v) is 24.2. The van der Waals surface area contributed by atoms with Crippen molar-refractivity contribution in [3.63, 3.8) is 0 Å². The number of anilines is 3. The van der Waals surface area contributed by atoms with E-state index in [0.717, 1.165) is 56.0 Å². The van der Waals surface area contributed by atoms with Gasteiger partial charge in [0.05, 0.1) is 5.75 Å². The SMILES string of the molecule is C=CC(=O)N1CCN(CCn2c(=O)ccc3cnc(Nc4ccc(N5CCN(C(=O)CSC)CC5)cc4)nc32)CC1. The van der Waals surface area contributed by atoms with Gasteiger partial charge in [-0.25, -0.2) is 4.98 Å². The first-order valence-electron chi connectivity index (χ1n) is 13.8. The molecule has 2 saturated heterocycles. The molecule has 0 saturated carbocycles. The van der Waals surface area contributed by atoms with Crippen molar-refractivity contribution < 1.29 is 9.59 Å². The molecule has 0 atom stereocenters. The van der Waals surface area contributed by atoms with E-state index in [1.54, 1.807) is 39.6 Å². The fourth-order valence-corrected chi connectivity index (χ4v) is 5.65. The second-order valence-corrected chi connectivity index (χ2v) is 11.0. The minimum absolute atomic E-state index is 0.0426. The van der Waals surface area contributed by atoms with Crippen molar-refractivity contribution in [2.24, 2.45) is 0 Å².